The van der Waals surface area contributed by atoms with Crippen LogP contribution in [0.25, 0.3) is 0 Å². The molecule has 1 heterocycles. The molecule has 3 aliphatic rings. The summed E-state index contributed by atoms with van der Waals surface area (Å²) in [5.41, 5.74) is 6.55. The van der Waals surface area contributed by atoms with E-state index in [1.165, 1.54) is 77.4 Å². The van der Waals surface area contributed by atoms with E-state index in [1.807, 2.05) is 0 Å². The highest BCUT2D eigenvalue weighted by Gasteiger charge is 2.35. The van der Waals surface area contributed by atoms with Gasteiger partial charge in [-0.2, -0.15) is 0 Å². The van der Waals surface area contributed by atoms with E-state index in [-0.39, 0.29) is 5.54 Å². The van der Waals surface area contributed by atoms with Crippen LogP contribution < -0.4 is 5.73 Å². The molecule has 0 aromatic carbocycles. The predicted molar refractivity (Wildman–Crippen MR) is 71.9 cm³/mol. The summed E-state index contributed by atoms with van der Waals surface area (Å²) in [6.45, 7) is 3.98. The lowest BCUT2D eigenvalue weighted by atomic mass is 9.73. The van der Waals surface area contributed by atoms with Crippen molar-refractivity contribution >= 4 is 0 Å². The van der Waals surface area contributed by atoms with Crippen LogP contribution in [0.2, 0.25) is 0 Å². The van der Waals surface area contributed by atoms with Crippen molar-refractivity contribution in [1.82, 2.24) is 4.90 Å². The minimum absolute atomic E-state index is 0.226. The van der Waals surface area contributed by atoms with Gasteiger partial charge in [0.2, 0.25) is 0 Å². The molecule has 98 valence electrons. The molecule has 2 N–H and O–H groups in total. The van der Waals surface area contributed by atoms with Crippen LogP contribution in [-0.4, -0.2) is 30.1 Å². The van der Waals surface area contributed by atoms with Gasteiger partial charge in [-0.05, 0) is 63.5 Å². The van der Waals surface area contributed by atoms with Crippen LogP contribution in [0.4, 0.5) is 0 Å². The van der Waals surface area contributed by atoms with Crippen LogP contribution in [-0.2, 0) is 0 Å². The molecule has 3 rings (SSSR count). The van der Waals surface area contributed by atoms with Gasteiger partial charge in [-0.3, -0.25) is 0 Å². The Morgan fingerprint density at radius 2 is 1.76 bits per heavy atom. The van der Waals surface area contributed by atoms with Crippen molar-refractivity contribution < 1.29 is 0 Å². The quantitative estimate of drug-likeness (QED) is 0.816. The molecule has 0 amide bonds. The van der Waals surface area contributed by atoms with Crippen LogP contribution in [0, 0.1) is 11.8 Å². The molecule has 0 aromatic rings. The lowest BCUT2D eigenvalue weighted by Gasteiger charge is -2.44. The van der Waals surface area contributed by atoms with Gasteiger partial charge in [0.25, 0.3) is 0 Å². The first-order valence-corrected chi connectivity index (χ1v) is 7.76. The molecule has 3 fully saturated rings. The molecule has 2 aliphatic carbocycles. The van der Waals surface area contributed by atoms with E-state index >= 15 is 0 Å². The Kier molecular flexibility index (Phi) is 3.45. The number of hydrogen-bond donors (Lipinski definition) is 1. The van der Waals surface area contributed by atoms with Gasteiger partial charge in [0, 0.05) is 12.1 Å². The van der Waals surface area contributed by atoms with Crippen molar-refractivity contribution in [1.29, 1.82) is 0 Å². The number of piperidine rings is 1. The summed E-state index contributed by atoms with van der Waals surface area (Å²) in [7, 11) is 0. The third kappa shape index (κ3) is 2.68. The second-order valence-electron chi connectivity index (χ2n) is 6.86. The van der Waals surface area contributed by atoms with Gasteiger partial charge in [-0.1, -0.05) is 19.3 Å². The van der Waals surface area contributed by atoms with Crippen LogP contribution in [0.5, 0.6) is 0 Å². The predicted octanol–water partition coefficient (Wildman–Crippen LogP) is 2.77. The molecule has 2 unspecified atom stereocenters. The molecule has 2 atom stereocenters. The first-order chi connectivity index (χ1) is 8.25. The molecular weight excluding hydrogens is 208 g/mol. The molecular formula is C15H28N2. The summed E-state index contributed by atoms with van der Waals surface area (Å²) in [6, 6.07) is 0. The standard InChI is InChI=1S/C15H28N2/c16-15(7-3-8-15)9-11-17-10-6-13-4-1-2-5-14(13)12-17/h13-14H,1-12,16H2. The third-order valence-electron chi connectivity index (χ3n) is 5.65. The van der Waals surface area contributed by atoms with Crippen molar-refractivity contribution in [3.05, 3.63) is 0 Å². The Hall–Kier alpha value is -0.0800. The van der Waals surface area contributed by atoms with Gasteiger partial charge in [0.05, 0.1) is 0 Å². The van der Waals surface area contributed by atoms with Gasteiger partial charge < -0.3 is 10.6 Å². The minimum atomic E-state index is 0.226. The van der Waals surface area contributed by atoms with E-state index in [1.54, 1.807) is 0 Å². The van der Waals surface area contributed by atoms with Gasteiger partial charge in [0.15, 0.2) is 0 Å². The lowest BCUT2D eigenvalue weighted by Crippen LogP contribution is -2.50. The maximum atomic E-state index is 6.33. The number of rotatable bonds is 3. The summed E-state index contributed by atoms with van der Waals surface area (Å²) in [6.07, 6.45) is 12.6. The highest BCUT2D eigenvalue weighted by Crippen LogP contribution is 2.37. The fraction of sp³-hybridized carbons (Fsp3) is 1.00. The second kappa shape index (κ2) is 4.89. The highest BCUT2D eigenvalue weighted by molar-refractivity contribution is 4.93. The molecule has 2 nitrogen and oxygen atoms in total. The van der Waals surface area contributed by atoms with Crippen molar-refractivity contribution in [3.63, 3.8) is 0 Å². The average molecular weight is 236 g/mol. The van der Waals surface area contributed by atoms with E-state index in [0.29, 0.717) is 0 Å². The molecule has 2 heteroatoms. The zero-order chi connectivity index (χ0) is 11.7. The molecule has 1 saturated heterocycles. The smallest absolute Gasteiger partial charge is 0.0166 e. The zero-order valence-corrected chi connectivity index (χ0v) is 11.2. The molecule has 2 saturated carbocycles. The summed E-state index contributed by atoms with van der Waals surface area (Å²) >= 11 is 0. The number of nitrogens with two attached hydrogens (primary N) is 1. The summed E-state index contributed by atoms with van der Waals surface area (Å²) in [4.78, 5) is 2.71. The Bertz CT molecular complexity index is 260. The van der Waals surface area contributed by atoms with Gasteiger partial charge in [0.1, 0.15) is 0 Å². The molecule has 17 heavy (non-hydrogen) atoms. The lowest BCUT2D eigenvalue weighted by molar-refractivity contribution is 0.0750. The molecule has 1 aliphatic heterocycles. The minimum Gasteiger partial charge on any atom is -0.325 e. The fourth-order valence-corrected chi connectivity index (χ4v) is 4.14. The van der Waals surface area contributed by atoms with Crippen LogP contribution in [0.15, 0.2) is 0 Å². The first kappa shape index (κ1) is 12.0. The van der Waals surface area contributed by atoms with Crippen molar-refractivity contribution in [2.75, 3.05) is 19.6 Å². The fourth-order valence-electron chi connectivity index (χ4n) is 4.14. The highest BCUT2D eigenvalue weighted by atomic mass is 15.1. The molecule has 0 bridgehead atoms. The SMILES string of the molecule is NC1(CCN2CCC3CCCCC3C2)CCC1. The first-order valence-electron chi connectivity index (χ1n) is 7.76. The number of fused-ring (bicyclic) bond motifs is 1. The van der Waals surface area contributed by atoms with E-state index in [4.69, 9.17) is 5.73 Å². The molecule has 0 aromatic heterocycles. The monoisotopic (exact) mass is 236 g/mol. The van der Waals surface area contributed by atoms with Gasteiger partial charge in [-0.15, -0.1) is 0 Å². The van der Waals surface area contributed by atoms with E-state index in [0.717, 1.165) is 11.8 Å². The largest absolute Gasteiger partial charge is 0.325 e. The van der Waals surface area contributed by atoms with E-state index < -0.39 is 0 Å². The van der Waals surface area contributed by atoms with Crippen molar-refractivity contribution in [2.45, 2.75) is 63.3 Å². The van der Waals surface area contributed by atoms with Gasteiger partial charge >= 0.3 is 0 Å². The van der Waals surface area contributed by atoms with Crippen LogP contribution >= 0.6 is 0 Å². The summed E-state index contributed by atoms with van der Waals surface area (Å²) in [5.74, 6) is 2.09. The van der Waals surface area contributed by atoms with Gasteiger partial charge in [-0.25, -0.2) is 0 Å². The third-order valence-corrected chi connectivity index (χ3v) is 5.65. The Morgan fingerprint density at radius 3 is 2.47 bits per heavy atom. The maximum absolute atomic E-state index is 6.33. The Labute approximate surface area is 106 Å². The van der Waals surface area contributed by atoms with E-state index in [9.17, 15) is 0 Å². The Balaban J connectivity index is 1.45. The maximum Gasteiger partial charge on any atom is 0.0166 e. The Morgan fingerprint density at radius 1 is 1.00 bits per heavy atom. The number of likely N-dealkylation sites (tertiary alicyclic amines) is 1. The topological polar surface area (TPSA) is 29.3 Å². The molecule has 0 radical (unpaired) electrons. The molecule has 0 spiro atoms. The number of nitrogens with zero attached hydrogens (tertiary/aromatic N) is 1. The van der Waals surface area contributed by atoms with Crippen LogP contribution in [0.1, 0.15) is 57.8 Å². The van der Waals surface area contributed by atoms with E-state index in [2.05, 4.69) is 4.90 Å². The summed E-state index contributed by atoms with van der Waals surface area (Å²) in [5, 5.41) is 0. The zero-order valence-electron chi connectivity index (χ0n) is 11.2. The second-order valence-corrected chi connectivity index (χ2v) is 6.86. The number of hydrogen-bond acceptors (Lipinski definition) is 2. The summed E-state index contributed by atoms with van der Waals surface area (Å²) < 4.78 is 0. The normalized spacial score (nSPS) is 37.2. The average Bonchev–Trinajstić information content (AvgIpc) is 2.34. The van der Waals surface area contributed by atoms with Crippen molar-refractivity contribution in [3.8, 4) is 0 Å². The van der Waals surface area contributed by atoms with Crippen LogP contribution in [0.3, 0.4) is 0 Å². The van der Waals surface area contributed by atoms with Crippen molar-refractivity contribution in [2.24, 2.45) is 17.6 Å².